The maximum atomic E-state index is 11.8. The summed E-state index contributed by atoms with van der Waals surface area (Å²) < 4.78 is 11.8. The van der Waals surface area contributed by atoms with Crippen LogP contribution in [0.4, 0.5) is 0 Å². The van der Waals surface area contributed by atoms with E-state index in [0.29, 0.717) is 24.6 Å². The second-order valence-electron chi connectivity index (χ2n) is 5.20. The fourth-order valence-electron chi connectivity index (χ4n) is 1.91. The SMILES string of the molecule is Cl.O=C(CNCC1CC1)NCCS(=O)Cc1ccccc1. The summed E-state index contributed by atoms with van der Waals surface area (Å²) in [4.78, 5) is 11.5. The van der Waals surface area contributed by atoms with Crippen LogP contribution in [-0.2, 0) is 21.3 Å². The van der Waals surface area contributed by atoms with Gasteiger partial charge in [-0.15, -0.1) is 12.4 Å². The first kappa shape index (κ1) is 18.1. The molecule has 6 heteroatoms. The highest BCUT2D eigenvalue weighted by Crippen LogP contribution is 2.27. The number of hydrogen-bond acceptors (Lipinski definition) is 3. The maximum Gasteiger partial charge on any atom is 0.233 e. The number of carbonyl (C=O) groups is 1. The third-order valence-electron chi connectivity index (χ3n) is 3.24. The zero-order valence-corrected chi connectivity index (χ0v) is 13.7. The summed E-state index contributed by atoms with van der Waals surface area (Å²) in [6.07, 6.45) is 2.57. The normalized spacial score (nSPS) is 15.0. The van der Waals surface area contributed by atoms with Gasteiger partial charge in [0.15, 0.2) is 0 Å². The molecule has 118 valence electrons. The van der Waals surface area contributed by atoms with Crippen LogP contribution in [0.5, 0.6) is 0 Å². The molecule has 2 N–H and O–H groups in total. The second kappa shape index (κ2) is 9.92. The van der Waals surface area contributed by atoms with Crippen LogP contribution in [0.25, 0.3) is 0 Å². The first-order valence-electron chi connectivity index (χ1n) is 7.10. The Morgan fingerprint density at radius 2 is 1.95 bits per heavy atom. The first-order chi connectivity index (χ1) is 9.74. The lowest BCUT2D eigenvalue weighted by molar-refractivity contribution is -0.120. The Kier molecular flexibility index (Phi) is 8.57. The number of hydrogen-bond donors (Lipinski definition) is 2. The van der Waals surface area contributed by atoms with E-state index in [0.717, 1.165) is 18.0 Å². The van der Waals surface area contributed by atoms with Crippen molar-refractivity contribution in [3.63, 3.8) is 0 Å². The van der Waals surface area contributed by atoms with Crippen molar-refractivity contribution >= 4 is 29.1 Å². The predicted molar refractivity (Wildman–Crippen MR) is 89.0 cm³/mol. The molecule has 1 unspecified atom stereocenters. The Balaban J connectivity index is 0.00000220. The lowest BCUT2D eigenvalue weighted by Crippen LogP contribution is -2.36. The average Bonchev–Trinajstić information content (AvgIpc) is 3.24. The molecule has 4 nitrogen and oxygen atoms in total. The molecule has 0 bridgehead atoms. The zero-order chi connectivity index (χ0) is 14.2. The quantitative estimate of drug-likeness (QED) is 0.721. The smallest absolute Gasteiger partial charge is 0.233 e. The maximum absolute atomic E-state index is 11.8. The van der Waals surface area contributed by atoms with Crippen molar-refractivity contribution in [2.45, 2.75) is 18.6 Å². The first-order valence-corrected chi connectivity index (χ1v) is 8.59. The van der Waals surface area contributed by atoms with E-state index in [2.05, 4.69) is 10.6 Å². The van der Waals surface area contributed by atoms with Crippen LogP contribution in [0.3, 0.4) is 0 Å². The van der Waals surface area contributed by atoms with Crippen molar-refractivity contribution in [3.8, 4) is 0 Å². The van der Waals surface area contributed by atoms with Gasteiger partial charge in [0.25, 0.3) is 0 Å². The minimum absolute atomic E-state index is 0. The Labute approximate surface area is 134 Å². The summed E-state index contributed by atoms with van der Waals surface area (Å²) in [5, 5.41) is 5.94. The standard InChI is InChI=1S/C15H22N2O2S.ClH/c18-15(11-16-10-13-6-7-13)17-8-9-20(19)12-14-4-2-1-3-5-14;/h1-5,13,16H,6-12H2,(H,17,18);1H. The largest absolute Gasteiger partial charge is 0.354 e. The van der Waals surface area contributed by atoms with Gasteiger partial charge in [-0.1, -0.05) is 30.3 Å². The van der Waals surface area contributed by atoms with Gasteiger partial charge < -0.3 is 10.6 Å². The van der Waals surface area contributed by atoms with E-state index in [1.54, 1.807) is 0 Å². The molecule has 0 radical (unpaired) electrons. The fourth-order valence-corrected chi connectivity index (χ4v) is 2.95. The molecule has 0 aliphatic heterocycles. The van der Waals surface area contributed by atoms with Crippen LogP contribution in [-0.4, -0.2) is 35.5 Å². The molecule has 1 aromatic rings. The van der Waals surface area contributed by atoms with Gasteiger partial charge in [0, 0.05) is 28.9 Å². The highest BCUT2D eigenvalue weighted by molar-refractivity contribution is 7.84. The van der Waals surface area contributed by atoms with Crippen LogP contribution in [0.1, 0.15) is 18.4 Å². The van der Waals surface area contributed by atoms with E-state index >= 15 is 0 Å². The number of nitrogens with one attached hydrogen (secondary N) is 2. The van der Waals surface area contributed by atoms with Gasteiger partial charge in [0.1, 0.15) is 0 Å². The van der Waals surface area contributed by atoms with E-state index in [1.165, 1.54) is 12.8 Å². The molecule has 1 fully saturated rings. The third kappa shape index (κ3) is 8.19. The van der Waals surface area contributed by atoms with E-state index in [4.69, 9.17) is 0 Å². The highest BCUT2D eigenvalue weighted by atomic mass is 35.5. The van der Waals surface area contributed by atoms with Gasteiger partial charge in [0.05, 0.1) is 6.54 Å². The Bertz CT molecular complexity index is 452. The van der Waals surface area contributed by atoms with Crippen molar-refractivity contribution in [1.82, 2.24) is 10.6 Å². The number of halogens is 1. The number of benzene rings is 1. The molecule has 0 heterocycles. The molecule has 1 saturated carbocycles. The van der Waals surface area contributed by atoms with E-state index in [9.17, 15) is 9.00 Å². The summed E-state index contributed by atoms with van der Waals surface area (Å²) >= 11 is 0. The summed E-state index contributed by atoms with van der Waals surface area (Å²) in [7, 11) is -0.926. The average molecular weight is 331 g/mol. The minimum atomic E-state index is -0.926. The van der Waals surface area contributed by atoms with Crippen LogP contribution in [0.15, 0.2) is 30.3 Å². The van der Waals surface area contributed by atoms with E-state index in [-0.39, 0.29) is 18.3 Å². The third-order valence-corrected chi connectivity index (χ3v) is 4.55. The summed E-state index contributed by atoms with van der Waals surface area (Å²) in [5.41, 5.74) is 1.07. The summed E-state index contributed by atoms with van der Waals surface area (Å²) in [5.74, 6) is 1.82. The lowest BCUT2D eigenvalue weighted by atomic mass is 10.2. The van der Waals surface area contributed by atoms with Crippen molar-refractivity contribution in [2.24, 2.45) is 5.92 Å². The monoisotopic (exact) mass is 330 g/mol. The topological polar surface area (TPSA) is 58.2 Å². The van der Waals surface area contributed by atoms with Crippen molar-refractivity contribution < 1.29 is 9.00 Å². The minimum Gasteiger partial charge on any atom is -0.354 e. The van der Waals surface area contributed by atoms with Gasteiger partial charge in [-0.05, 0) is 30.9 Å². The van der Waals surface area contributed by atoms with Gasteiger partial charge in [0.2, 0.25) is 5.91 Å². The van der Waals surface area contributed by atoms with Crippen LogP contribution in [0.2, 0.25) is 0 Å². The lowest BCUT2D eigenvalue weighted by Gasteiger charge is -2.06. The van der Waals surface area contributed by atoms with Crippen LogP contribution in [0, 0.1) is 5.92 Å². The van der Waals surface area contributed by atoms with Crippen molar-refractivity contribution in [2.75, 3.05) is 25.4 Å². The predicted octanol–water partition coefficient (Wildman–Crippen LogP) is 1.47. The highest BCUT2D eigenvalue weighted by Gasteiger charge is 2.20. The van der Waals surface area contributed by atoms with Crippen molar-refractivity contribution in [1.29, 1.82) is 0 Å². The van der Waals surface area contributed by atoms with Gasteiger partial charge in [-0.25, -0.2) is 0 Å². The fraction of sp³-hybridized carbons (Fsp3) is 0.533. The summed E-state index contributed by atoms with van der Waals surface area (Å²) in [6.45, 7) is 1.78. The number of rotatable bonds is 9. The molecular formula is C15H23ClN2O2S. The van der Waals surface area contributed by atoms with Crippen molar-refractivity contribution in [3.05, 3.63) is 35.9 Å². The van der Waals surface area contributed by atoms with Gasteiger partial charge >= 0.3 is 0 Å². The molecule has 1 amide bonds. The molecule has 0 saturated heterocycles. The molecule has 1 atom stereocenters. The van der Waals surface area contributed by atoms with Gasteiger partial charge in [-0.3, -0.25) is 9.00 Å². The number of amides is 1. The Hall–Kier alpha value is -0.910. The molecule has 1 aliphatic rings. The molecule has 0 aromatic heterocycles. The second-order valence-corrected chi connectivity index (χ2v) is 6.77. The molecule has 21 heavy (non-hydrogen) atoms. The molecule has 1 aromatic carbocycles. The molecule has 1 aliphatic carbocycles. The summed E-state index contributed by atoms with van der Waals surface area (Å²) in [6, 6.07) is 9.78. The van der Waals surface area contributed by atoms with E-state index in [1.807, 2.05) is 30.3 Å². The van der Waals surface area contributed by atoms with E-state index < -0.39 is 10.8 Å². The number of carbonyl (C=O) groups excluding carboxylic acids is 1. The zero-order valence-electron chi connectivity index (χ0n) is 12.0. The Morgan fingerprint density at radius 3 is 2.62 bits per heavy atom. The molecular weight excluding hydrogens is 308 g/mol. The van der Waals surface area contributed by atoms with Crippen LogP contribution < -0.4 is 10.6 Å². The van der Waals surface area contributed by atoms with Crippen LogP contribution >= 0.6 is 12.4 Å². The Morgan fingerprint density at radius 1 is 1.24 bits per heavy atom. The van der Waals surface area contributed by atoms with Gasteiger partial charge in [-0.2, -0.15) is 0 Å². The molecule has 2 rings (SSSR count). The molecule has 0 spiro atoms.